The Morgan fingerprint density at radius 1 is 0.905 bits per heavy atom. The summed E-state index contributed by atoms with van der Waals surface area (Å²) in [5, 5.41) is 0. The lowest BCUT2D eigenvalue weighted by Crippen LogP contribution is -2.35. The molecule has 42 heavy (non-hydrogen) atoms. The van der Waals surface area contributed by atoms with E-state index in [1.807, 2.05) is 18.0 Å². The fraction of sp³-hybridized carbons (Fsp3) is 0.375. The number of carbonyl (C=O) groups is 1. The Hall–Kier alpha value is -4.47. The highest BCUT2D eigenvalue weighted by Crippen LogP contribution is 2.38. The summed E-state index contributed by atoms with van der Waals surface area (Å²) < 4.78 is 48.3. The summed E-state index contributed by atoms with van der Waals surface area (Å²) in [4.78, 5) is 19.5. The highest BCUT2D eigenvalue weighted by molar-refractivity contribution is 6.03. The first kappa shape index (κ1) is 29.0. The third-order valence-electron chi connectivity index (χ3n) is 7.35. The van der Waals surface area contributed by atoms with Gasteiger partial charge in [-0.25, -0.2) is 4.39 Å². The number of hydrogen-bond acceptors (Lipinski definition) is 8. The van der Waals surface area contributed by atoms with Crippen molar-refractivity contribution in [3.63, 3.8) is 0 Å². The SMILES string of the molecule is COc1ccc(Oc2ccc(OCC(C)CCOc3cc4c(cc3OC)C(=O)N3CCCC3C=N4)cc2F)cc1OC. The van der Waals surface area contributed by atoms with Crippen LogP contribution >= 0.6 is 0 Å². The number of rotatable bonds is 12. The number of aliphatic imine (C=N–C) groups is 1. The van der Waals surface area contributed by atoms with Gasteiger partial charge in [-0.1, -0.05) is 6.92 Å². The van der Waals surface area contributed by atoms with Gasteiger partial charge in [0.1, 0.15) is 11.5 Å². The Morgan fingerprint density at radius 2 is 1.64 bits per heavy atom. The fourth-order valence-electron chi connectivity index (χ4n) is 4.97. The predicted molar refractivity (Wildman–Crippen MR) is 156 cm³/mol. The number of benzene rings is 3. The first-order chi connectivity index (χ1) is 20.4. The molecule has 0 bridgehead atoms. The molecule has 0 saturated carbocycles. The maximum Gasteiger partial charge on any atom is 0.256 e. The molecule has 0 aliphatic carbocycles. The Labute approximate surface area is 244 Å². The van der Waals surface area contributed by atoms with Crippen molar-refractivity contribution in [1.29, 1.82) is 0 Å². The lowest BCUT2D eigenvalue weighted by atomic mass is 10.1. The molecule has 9 nitrogen and oxygen atoms in total. The molecule has 1 saturated heterocycles. The smallest absolute Gasteiger partial charge is 0.256 e. The molecule has 1 fully saturated rings. The third kappa shape index (κ3) is 6.37. The van der Waals surface area contributed by atoms with Gasteiger partial charge in [0, 0.05) is 31.0 Å². The van der Waals surface area contributed by atoms with E-state index < -0.39 is 5.82 Å². The van der Waals surface area contributed by atoms with E-state index in [9.17, 15) is 9.18 Å². The molecule has 2 atom stereocenters. The van der Waals surface area contributed by atoms with E-state index in [1.165, 1.54) is 19.2 Å². The summed E-state index contributed by atoms with van der Waals surface area (Å²) in [6.45, 7) is 3.53. The van der Waals surface area contributed by atoms with Crippen molar-refractivity contribution in [3.05, 3.63) is 59.9 Å². The zero-order valence-electron chi connectivity index (χ0n) is 24.2. The van der Waals surface area contributed by atoms with Gasteiger partial charge < -0.3 is 33.3 Å². The standard InChI is InChI=1S/C32H35FN2O7/c1-20(19-41-22-7-9-27(25(33)14-22)42-23-8-10-28(37-2)29(15-23)38-3)11-13-40-31-17-26-24(16-30(31)39-4)32(36)35-12-5-6-21(35)18-34-26/h7-10,14-18,20-21H,5-6,11-13,19H2,1-4H3. The summed E-state index contributed by atoms with van der Waals surface area (Å²) in [5.74, 6) is 2.48. The second-order valence-corrected chi connectivity index (χ2v) is 10.3. The van der Waals surface area contributed by atoms with Gasteiger partial charge in [0.2, 0.25) is 0 Å². The molecule has 10 heteroatoms. The van der Waals surface area contributed by atoms with Gasteiger partial charge in [-0.15, -0.1) is 0 Å². The van der Waals surface area contributed by atoms with Gasteiger partial charge >= 0.3 is 0 Å². The number of ether oxygens (including phenoxy) is 6. The zero-order chi connectivity index (χ0) is 29.6. The molecule has 0 N–H and O–H groups in total. The quantitative estimate of drug-likeness (QED) is 0.244. The first-order valence-corrected chi connectivity index (χ1v) is 13.9. The predicted octanol–water partition coefficient (Wildman–Crippen LogP) is 6.45. The molecule has 2 heterocycles. The minimum Gasteiger partial charge on any atom is -0.493 e. The van der Waals surface area contributed by atoms with Gasteiger partial charge in [-0.2, -0.15) is 0 Å². The Morgan fingerprint density at radius 3 is 2.40 bits per heavy atom. The average Bonchev–Trinajstić information content (AvgIpc) is 3.44. The van der Waals surface area contributed by atoms with Crippen LogP contribution in [0.1, 0.15) is 36.5 Å². The lowest BCUT2D eigenvalue weighted by Gasteiger charge is -2.20. The van der Waals surface area contributed by atoms with Crippen molar-refractivity contribution in [3.8, 4) is 40.2 Å². The molecule has 2 aliphatic heterocycles. The second-order valence-electron chi connectivity index (χ2n) is 10.3. The van der Waals surface area contributed by atoms with Crippen molar-refractivity contribution in [2.45, 2.75) is 32.2 Å². The van der Waals surface area contributed by atoms with E-state index in [0.717, 1.165) is 19.4 Å². The van der Waals surface area contributed by atoms with E-state index in [2.05, 4.69) is 4.99 Å². The molecule has 5 rings (SSSR count). The molecule has 3 aromatic rings. The summed E-state index contributed by atoms with van der Waals surface area (Å²) in [6, 6.07) is 13.0. The number of nitrogens with zero attached hydrogens (tertiary/aromatic N) is 2. The molecule has 2 unspecified atom stereocenters. The zero-order valence-corrected chi connectivity index (χ0v) is 24.2. The minimum absolute atomic E-state index is 0.0300. The van der Waals surface area contributed by atoms with E-state index in [4.69, 9.17) is 28.4 Å². The number of methoxy groups -OCH3 is 3. The van der Waals surface area contributed by atoms with Crippen LogP contribution < -0.4 is 28.4 Å². The number of halogens is 1. The highest BCUT2D eigenvalue weighted by atomic mass is 19.1. The van der Waals surface area contributed by atoms with Crippen LogP contribution in [0.4, 0.5) is 10.1 Å². The van der Waals surface area contributed by atoms with Crippen molar-refractivity contribution >= 4 is 17.8 Å². The van der Waals surface area contributed by atoms with Crippen LogP contribution in [-0.2, 0) is 0 Å². The highest BCUT2D eigenvalue weighted by Gasteiger charge is 2.32. The van der Waals surface area contributed by atoms with E-state index in [0.29, 0.717) is 65.4 Å². The third-order valence-corrected chi connectivity index (χ3v) is 7.35. The van der Waals surface area contributed by atoms with Crippen LogP contribution in [0.25, 0.3) is 0 Å². The Balaban J connectivity index is 1.14. The van der Waals surface area contributed by atoms with Crippen LogP contribution in [0.5, 0.6) is 40.2 Å². The van der Waals surface area contributed by atoms with Crippen LogP contribution in [0.3, 0.4) is 0 Å². The largest absolute Gasteiger partial charge is 0.493 e. The van der Waals surface area contributed by atoms with E-state index in [-0.39, 0.29) is 23.6 Å². The van der Waals surface area contributed by atoms with Gasteiger partial charge in [-0.3, -0.25) is 9.79 Å². The Kier molecular flexibility index (Phi) is 9.00. The maximum atomic E-state index is 14.8. The molecule has 0 radical (unpaired) electrons. The normalized spacial score (nSPS) is 16.3. The fourth-order valence-corrected chi connectivity index (χ4v) is 4.97. The summed E-state index contributed by atoms with van der Waals surface area (Å²) >= 11 is 0. The summed E-state index contributed by atoms with van der Waals surface area (Å²) in [7, 11) is 4.62. The first-order valence-electron chi connectivity index (χ1n) is 13.9. The van der Waals surface area contributed by atoms with Crippen molar-refractivity contribution in [2.24, 2.45) is 10.9 Å². The minimum atomic E-state index is -0.546. The van der Waals surface area contributed by atoms with Crippen molar-refractivity contribution in [1.82, 2.24) is 4.90 Å². The number of amides is 1. The molecule has 222 valence electrons. The van der Waals surface area contributed by atoms with Gasteiger partial charge in [-0.05, 0) is 55.5 Å². The van der Waals surface area contributed by atoms with Gasteiger partial charge in [0.25, 0.3) is 5.91 Å². The summed E-state index contributed by atoms with van der Waals surface area (Å²) in [6.07, 6.45) is 4.44. The maximum absolute atomic E-state index is 14.8. The second kappa shape index (κ2) is 13.0. The van der Waals surface area contributed by atoms with Crippen molar-refractivity contribution < 1.29 is 37.6 Å². The van der Waals surface area contributed by atoms with Crippen LogP contribution in [-0.4, -0.2) is 64.2 Å². The van der Waals surface area contributed by atoms with Crippen LogP contribution in [0.2, 0.25) is 0 Å². The van der Waals surface area contributed by atoms with Crippen molar-refractivity contribution in [2.75, 3.05) is 41.1 Å². The molecule has 0 spiro atoms. The monoisotopic (exact) mass is 578 g/mol. The average molecular weight is 579 g/mol. The van der Waals surface area contributed by atoms with Crippen LogP contribution in [0, 0.1) is 11.7 Å². The van der Waals surface area contributed by atoms with E-state index in [1.54, 1.807) is 50.6 Å². The Bertz CT molecular complexity index is 1460. The number of hydrogen-bond donors (Lipinski definition) is 0. The number of fused-ring (bicyclic) bond motifs is 2. The molecule has 3 aromatic carbocycles. The molecular formula is C32H35FN2O7. The van der Waals surface area contributed by atoms with Gasteiger partial charge in [0.05, 0.1) is 51.8 Å². The number of carbonyl (C=O) groups excluding carboxylic acids is 1. The summed E-state index contributed by atoms with van der Waals surface area (Å²) in [5.41, 5.74) is 1.11. The van der Waals surface area contributed by atoms with Crippen LogP contribution in [0.15, 0.2) is 53.5 Å². The molecular weight excluding hydrogens is 543 g/mol. The molecule has 1 amide bonds. The molecule has 2 aliphatic rings. The van der Waals surface area contributed by atoms with E-state index >= 15 is 0 Å². The molecule has 0 aromatic heterocycles. The lowest BCUT2D eigenvalue weighted by molar-refractivity contribution is 0.0774. The topological polar surface area (TPSA) is 88.1 Å². The van der Waals surface area contributed by atoms with Gasteiger partial charge in [0.15, 0.2) is 34.6 Å².